The summed E-state index contributed by atoms with van der Waals surface area (Å²) in [6.45, 7) is 3.92. The van der Waals surface area contributed by atoms with Gasteiger partial charge in [0.15, 0.2) is 0 Å². The Morgan fingerprint density at radius 3 is 2.93 bits per heavy atom. The molecule has 0 aromatic carbocycles. The molecule has 1 aromatic heterocycles. The molecule has 0 aliphatic rings. The second-order valence-electron chi connectivity index (χ2n) is 3.60. The van der Waals surface area contributed by atoms with Crippen LogP contribution < -0.4 is 5.32 Å². The Balaban J connectivity index is 2.44. The molecule has 0 bridgehead atoms. The van der Waals surface area contributed by atoms with E-state index in [0.29, 0.717) is 0 Å². The fourth-order valence-corrected chi connectivity index (χ4v) is 1.89. The molecular weight excluding hydrogens is 210 g/mol. The first-order chi connectivity index (χ1) is 7.08. The Hall–Kier alpha value is -0.970. The van der Waals surface area contributed by atoms with Gasteiger partial charge in [0.1, 0.15) is 11.6 Å². The molecule has 1 heterocycles. The molecule has 2 unspecified atom stereocenters. The lowest BCUT2D eigenvalue weighted by Gasteiger charge is -2.13. The minimum Gasteiger partial charge on any atom is -0.367 e. The van der Waals surface area contributed by atoms with Crippen LogP contribution in [0.2, 0.25) is 0 Å². The van der Waals surface area contributed by atoms with Gasteiger partial charge < -0.3 is 5.32 Å². The zero-order valence-corrected chi connectivity index (χ0v) is 10.2. The van der Waals surface area contributed by atoms with Gasteiger partial charge in [-0.05, 0) is 26.3 Å². The van der Waals surface area contributed by atoms with Crippen molar-refractivity contribution in [2.24, 2.45) is 0 Å². The molecular formula is C10H17N3OS. The van der Waals surface area contributed by atoms with Crippen molar-refractivity contribution in [3.63, 3.8) is 0 Å². The average Bonchev–Trinajstić information content (AvgIpc) is 2.15. The number of hydrogen-bond acceptors (Lipinski definition) is 4. The maximum atomic E-state index is 10.9. The summed E-state index contributed by atoms with van der Waals surface area (Å²) in [6, 6.07) is 2.12. The smallest absolute Gasteiger partial charge is 0.129 e. The molecule has 1 rings (SSSR count). The molecule has 15 heavy (non-hydrogen) atoms. The number of rotatable bonds is 5. The number of nitrogens with zero attached hydrogens (tertiary/aromatic N) is 2. The summed E-state index contributed by atoms with van der Waals surface area (Å²) in [5.41, 5.74) is 0. The van der Waals surface area contributed by atoms with E-state index < -0.39 is 10.8 Å². The molecule has 0 aliphatic heterocycles. The average molecular weight is 227 g/mol. The number of aromatic nitrogens is 2. The molecule has 1 N–H and O–H groups in total. The summed E-state index contributed by atoms with van der Waals surface area (Å²) in [6.07, 6.45) is 4.34. The standard InChI is InChI=1S/C10H17N3OS/c1-8(5-7-15(3)14)12-10-4-6-11-9(2)13-10/h4,6,8H,5,7H2,1-3H3,(H,11,12,13). The van der Waals surface area contributed by atoms with Crippen LogP contribution in [-0.2, 0) is 10.8 Å². The van der Waals surface area contributed by atoms with E-state index in [1.807, 2.05) is 13.0 Å². The summed E-state index contributed by atoms with van der Waals surface area (Å²) >= 11 is 0. The van der Waals surface area contributed by atoms with E-state index in [4.69, 9.17) is 0 Å². The first kappa shape index (κ1) is 12.1. The third kappa shape index (κ3) is 4.88. The van der Waals surface area contributed by atoms with Gasteiger partial charge in [-0.2, -0.15) is 0 Å². The van der Waals surface area contributed by atoms with Gasteiger partial charge in [0.25, 0.3) is 0 Å². The summed E-state index contributed by atoms with van der Waals surface area (Å²) < 4.78 is 10.9. The Morgan fingerprint density at radius 1 is 1.60 bits per heavy atom. The van der Waals surface area contributed by atoms with Crippen LogP contribution in [0, 0.1) is 6.92 Å². The van der Waals surface area contributed by atoms with E-state index in [0.717, 1.165) is 23.8 Å². The lowest BCUT2D eigenvalue weighted by Crippen LogP contribution is -2.18. The van der Waals surface area contributed by atoms with Crippen LogP contribution in [0.4, 0.5) is 5.82 Å². The van der Waals surface area contributed by atoms with Crippen molar-refractivity contribution in [2.75, 3.05) is 17.3 Å². The third-order valence-electron chi connectivity index (χ3n) is 2.01. The van der Waals surface area contributed by atoms with Gasteiger partial charge in [-0.1, -0.05) is 0 Å². The van der Waals surface area contributed by atoms with Crippen molar-refractivity contribution >= 4 is 16.6 Å². The Kier molecular flexibility index (Phi) is 4.68. The summed E-state index contributed by atoms with van der Waals surface area (Å²) in [4.78, 5) is 8.26. The molecule has 5 heteroatoms. The Labute approximate surface area is 93.0 Å². The molecule has 84 valence electrons. The lowest BCUT2D eigenvalue weighted by molar-refractivity contribution is 0.678. The maximum Gasteiger partial charge on any atom is 0.129 e. The molecule has 0 spiro atoms. The minimum absolute atomic E-state index is 0.281. The van der Waals surface area contributed by atoms with Gasteiger partial charge in [0.05, 0.1) is 0 Å². The van der Waals surface area contributed by atoms with Crippen molar-refractivity contribution in [2.45, 2.75) is 26.3 Å². The second kappa shape index (κ2) is 5.80. The van der Waals surface area contributed by atoms with Gasteiger partial charge in [-0.25, -0.2) is 9.97 Å². The number of aryl methyl sites for hydroxylation is 1. The van der Waals surface area contributed by atoms with Gasteiger partial charge >= 0.3 is 0 Å². The van der Waals surface area contributed by atoms with Crippen LogP contribution in [0.15, 0.2) is 12.3 Å². The SMILES string of the molecule is Cc1nccc(NC(C)CCS(C)=O)n1. The van der Waals surface area contributed by atoms with E-state index in [-0.39, 0.29) is 6.04 Å². The van der Waals surface area contributed by atoms with Crippen LogP contribution in [0.1, 0.15) is 19.2 Å². The zero-order valence-electron chi connectivity index (χ0n) is 9.36. The monoisotopic (exact) mass is 227 g/mol. The van der Waals surface area contributed by atoms with Crippen LogP contribution >= 0.6 is 0 Å². The normalized spacial score (nSPS) is 14.6. The van der Waals surface area contributed by atoms with E-state index in [2.05, 4.69) is 22.2 Å². The third-order valence-corrected chi connectivity index (χ3v) is 2.82. The van der Waals surface area contributed by atoms with Crippen molar-refractivity contribution in [3.05, 3.63) is 18.1 Å². The van der Waals surface area contributed by atoms with Crippen LogP contribution in [0.3, 0.4) is 0 Å². The predicted molar refractivity (Wildman–Crippen MR) is 63.4 cm³/mol. The molecule has 0 saturated carbocycles. The quantitative estimate of drug-likeness (QED) is 0.825. The highest BCUT2D eigenvalue weighted by atomic mass is 32.2. The highest BCUT2D eigenvalue weighted by Gasteiger charge is 2.04. The van der Waals surface area contributed by atoms with Crippen molar-refractivity contribution in [1.82, 2.24) is 9.97 Å². The van der Waals surface area contributed by atoms with E-state index >= 15 is 0 Å². The van der Waals surface area contributed by atoms with Crippen molar-refractivity contribution in [1.29, 1.82) is 0 Å². The Morgan fingerprint density at radius 2 is 2.33 bits per heavy atom. The van der Waals surface area contributed by atoms with Gasteiger partial charge in [-0.15, -0.1) is 0 Å². The summed E-state index contributed by atoms with van der Waals surface area (Å²) in [5.74, 6) is 2.31. The predicted octanol–water partition coefficient (Wildman–Crippen LogP) is 1.35. The molecule has 0 fully saturated rings. The van der Waals surface area contributed by atoms with Crippen molar-refractivity contribution in [3.8, 4) is 0 Å². The molecule has 4 nitrogen and oxygen atoms in total. The second-order valence-corrected chi connectivity index (χ2v) is 5.16. The number of hydrogen-bond donors (Lipinski definition) is 1. The topological polar surface area (TPSA) is 54.9 Å². The molecule has 0 saturated heterocycles. The van der Waals surface area contributed by atoms with E-state index in [9.17, 15) is 4.21 Å². The Bertz CT molecular complexity index is 343. The van der Waals surface area contributed by atoms with E-state index in [1.54, 1.807) is 12.5 Å². The zero-order chi connectivity index (χ0) is 11.3. The fraction of sp³-hybridized carbons (Fsp3) is 0.600. The molecule has 0 aliphatic carbocycles. The molecule has 0 amide bonds. The van der Waals surface area contributed by atoms with E-state index in [1.165, 1.54) is 0 Å². The fourth-order valence-electron chi connectivity index (χ4n) is 1.20. The van der Waals surface area contributed by atoms with Gasteiger partial charge in [-0.3, -0.25) is 4.21 Å². The summed E-state index contributed by atoms with van der Waals surface area (Å²) in [5, 5.41) is 3.25. The highest BCUT2D eigenvalue weighted by molar-refractivity contribution is 7.84. The molecule has 2 atom stereocenters. The van der Waals surface area contributed by atoms with Gasteiger partial charge in [0, 0.05) is 35.0 Å². The minimum atomic E-state index is -0.721. The van der Waals surface area contributed by atoms with Crippen LogP contribution in [-0.4, -0.2) is 32.2 Å². The number of anilines is 1. The van der Waals surface area contributed by atoms with Gasteiger partial charge in [0.2, 0.25) is 0 Å². The lowest BCUT2D eigenvalue weighted by atomic mass is 10.2. The largest absolute Gasteiger partial charge is 0.367 e. The van der Waals surface area contributed by atoms with Crippen LogP contribution in [0.25, 0.3) is 0 Å². The van der Waals surface area contributed by atoms with Crippen molar-refractivity contribution < 1.29 is 4.21 Å². The first-order valence-corrected chi connectivity index (χ1v) is 6.67. The first-order valence-electron chi connectivity index (χ1n) is 4.94. The summed E-state index contributed by atoms with van der Waals surface area (Å²) in [7, 11) is -0.721. The molecule has 0 radical (unpaired) electrons. The maximum absolute atomic E-state index is 10.9. The molecule has 1 aromatic rings. The van der Waals surface area contributed by atoms with Crippen LogP contribution in [0.5, 0.6) is 0 Å². The number of nitrogens with one attached hydrogen (secondary N) is 1. The highest BCUT2D eigenvalue weighted by Crippen LogP contribution is 2.05.